The van der Waals surface area contributed by atoms with E-state index in [4.69, 9.17) is 4.74 Å². The highest BCUT2D eigenvalue weighted by Gasteiger charge is 2.22. The Labute approximate surface area is 165 Å². The van der Waals surface area contributed by atoms with Crippen molar-refractivity contribution < 1.29 is 9.94 Å². The maximum atomic E-state index is 9.59. The van der Waals surface area contributed by atoms with Crippen LogP contribution in [0.15, 0.2) is 65.9 Å². The first-order valence-electron chi connectivity index (χ1n) is 9.83. The molecule has 0 atom stereocenters. The number of pyridine rings is 1. The molecule has 28 heavy (non-hydrogen) atoms. The third-order valence-corrected chi connectivity index (χ3v) is 5.51. The minimum absolute atomic E-state index is 0.409. The number of amidine groups is 1. The van der Waals surface area contributed by atoms with Crippen molar-refractivity contribution >= 4 is 16.6 Å². The predicted molar refractivity (Wildman–Crippen MR) is 111 cm³/mol. The molecular formula is C23H25N3O2. The molecule has 0 bridgehead atoms. The fourth-order valence-corrected chi connectivity index (χ4v) is 3.94. The third kappa shape index (κ3) is 3.79. The lowest BCUT2D eigenvalue weighted by Crippen LogP contribution is -2.38. The lowest BCUT2D eigenvalue weighted by Gasteiger charge is -2.32. The maximum absolute atomic E-state index is 9.59. The van der Waals surface area contributed by atoms with E-state index in [0.717, 1.165) is 34.9 Å². The maximum Gasteiger partial charge on any atom is 0.219 e. The number of ether oxygens (including phenoxy) is 1. The summed E-state index contributed by atoms with van der Waals surface area (Å²) >= 11 is 0. The summed E-state index contributed by atoms with van der Waals surface area (Å²) in [5, 5.41) is 15.3. The number of hydrogen-bond acceptors (Lipinski definition) is 4. The molecule has 3 aromatic rings. The number of fused-ring (bicyclic) bond motifs is 1. The second-order valence-electron chi connectivity index (χ2n) is 7.29. The number of oxime groups is 1. The highest BCUT2D eigenvalue weighted by Crippen LogP contribution is 2.29. The van der Waals surface area contributed by atoms with Crippen LogP contribution in [0.5, 0.6) is 11.6 Å². The zero-order valence-corrected chi connectivity index (χ0v) is 16.1. The van der Waals surface area contributed by atoms with Crippen LogP contribution in [0.4, 0.5) is 0 Å². The Bertz CT molecular complexity index is 958. The van der Waals surface area contributed by atoms with Gasteiger partial charge in [0.25, 0.3) is 0 Å². The molecule has 0 unspecified atom stereocenters. The minimum atomic E-state index is 0.409. The first-order chi connectivity index (χ1) is 13.8. The van der Waals surface area contributed by atoms with Gasteiger partial charge in [0.1, 0.15) is 5.75 Å². The smallest absolute Gasteiger partial charge is 0.219 e. The lowest BCUT2D eigenvalue weighted by atomic mass is 9.94. The largest absolute Gasteiger partial charge is 0.438 e. The summed E-state index contributed by atoms with van der Waals surface area (Å²) in [7, 11) is 1.99. The van der Waals surface area contributed by atoms with Crippen molar-refractivity contribution in [2.24, 2.45) is 5.16 Å². The Morgan fingerprint density at radius 2 is 1.82 bits per heavy atom. The summed E-state index contributed by atoms with van der Waals surface area (Å²) in [6.07, 6.45) is 7.70. The molecule has 5 heteroatoms. The number of nitrogens with zero attached hydrogens (tertiary/aromatic N) is 3. The monoisotopic (exact) mass is 375 g/mol. The summed E-state index contributed by atoms with van der Waals surface area (Å²) < 4.78 is 6.01. The Morgan fingerprint density at radius 1 is 1.04 bits per heavy atom. The van der Waals surface area contributed by atoms with Gasteiger partial charge in [0.2, 0.25) is 5.88 Å². The van der Waals surface area contributed by atoms with Gasteiger partial charge in [-0.1, -0.05) is 60.8 Å². The molecule has 0 aliphatic heterocycles. The number of hydrogen-bond donors (Lipinski definition) is 1. The number of benzene rings is 2. The second kappa shape index (κ2) is 8.30. The van der Waals surface area contributed by atoms with Gasteiger partial charge in [-0.25, -0.2) is 4.98 Å². The molecule has 1 N–H and O–H groups in total. The van der Waals surface area contributed by atoms with E-state index < -0.39 is 0 Å². The minimum Gasteiger partial charge on any atom is -0.438 e. The molecule has 5 nitrogen and oxygen atoms in total. The van der Waals surface area contributed by atoms with Crippen LogP contribution < -0.4 is 4.74 Å². The molecule has 1 aromatic heterocycles. The van der Waals surface area contributed by atoms with Gasteiger partial charge in [0, 0.05) is 36.3 Å². The average molecular weight is 375 g/mol. The van der Waals surface area contributed by atoms with Gasteiger partial charge in [-0.05, 0) is 30.4 Å². The molecule has 0 spiro atoms. The van der Waals surface area contributed by atoms with Crippen LogP contribution in [0.1, 0.15) is 37.7 Å². The molecule has 2 aromatic carbocycles. The second-order valence-corrected chi connectivity index (χ2v) is 7.29. The van der Waals surface area contributed by atoms with Gasteiger partial charge < -0.3 is 14.8 Å². The molecule has 0 amide bonds. The SMILES string of the molecule is CN(/C(=N\O)c1ccc(Oc2cccc3ccccc23)nc1)C1CCCCC1. The van der Waals surface area contributed by atoms with Crippen molar-refractivity contribution in [3.63, 3.8) is 0 Å². The van der Waals surface area contributed by atoms with Crippen molar-refractivity contribution in [2.45, 2.75) is 38.1 Å². The van der Waals surface area contributed by atoms with Gasteiger partial charge in [-0.3, -0.25) is 0 Å². The zero-order chi connectivity index (χ0) is 19.3. The molecule has 1 saturated carbocycles. The quantitative estimate of drug-likeness (QED) is 0.286. The predicted octanol–water partition coefficient (Wildman–Crippen LogP) is 5.43. The van der Waals surface area contributed by atoms with E-state index in [1.165, 1.54) is 19.3 Å². The number of rotatable bonds is 4. The van der Waals surface area contributed by atoms with E-state index in [1.807, 2.05) is 49.5 Å². The van der Waals surface area contributed by atoms with Gasteiger partial charge >= 0.3 is 0 Å². The normalized spacial score (nSPS) is 15.5. The molecule has 1 aliphatic carbocycles. The summed E-state index contributed by atoms with van der Waals surface area (Å²) in [6.45, 7) is 0. The van der Waals surface area contributed by atoms with Gasteiger partial charge in [-0.15, -0.1) is 0 Å². The van der Waals surface area contributed by atoms with Crippen LogP contribution >= 0.6 is 0 Å². The van der Waals surface area contributed by atoms with Gasteiger partial charge in [-0.2, -0.15) is 0 Å². The number of aromatic nitrogens is 1. The fraction of sp³-hybridized carbons (Fsp3) is 0.304. The van der Waals surface area contributed by atoms with Gasteiger partial charge in [0.05, 0.1) is 0 Å². The zero-order valence-electron chi connectivity index (χ0n) is 16.1. The van der Waals surface area contributed by atoms with Crippen molar-refractivity contribution in [1.82, 2.24) is 9.88 Å². The highest BCUT2D eigenvalue weighted by atomic mass is 16.5. The van der Waals surface area contributed by atoms with Crippen molar-refractivity contribution in [1.29, 1.82) is 0 Å². The summed E-state index contributed by atoms with van der Waals surface area (Å²) in [4.78, 5) is 6.51. The van der Waals surface area contributed by atoms with E-state index in [1.54, 1.807) is 6.20 Å². The van der Waals surface area contributed by atoms with E-state index >= 15 is 0 Å². The molecule has 1 fully saturated rings. The molecule has 0 radical (unpaired) electrons. The molecule has 0 saturated heterocycles. The first kappa shape index (κ1) is 18.3. The topological polar surface area (TPSA) is 58.0 Å². The summed E-state index contributed by atoms with van der Waals surface area (Å²) in [6, 6.07) is 18.2. The molecular weight excluding hydrogens is 350 g/mol. The Kier molecular flexibility index (Phi) is 5.42. The third-order valence-electron chi connectivity index (χ3n) is 5.51. The van der Waals surface area contributed by atoms with E-state index in [-0.39, 0.29) is 0 Å². The van der Waals surface area contributed by atoms with E-state index in [9.17, 15) is 5.21 Å². The van der Waals surface area contributed by atoms with Crippen LogP contribution in [0, 0.1) is 0 Å². The van der Waals surface area contributed by atoms with Crippen molar-refractivity contribution in [3.8, 4) is 11.6 Å². The Hall–Kier alpha value is -3.08. The molecule has 1 aliphatic rings. The van der Waals surface area contributed by atoms with Gasteiger partial charge in [0.15, 0.2) is 5.84 Å². The summed E-state index contributed by atoms with van der Waals surface area (Å²) in [5.41, 5.74) is 0.779. The summed E-state index contributed by atoms with van der Waals surface area (Å²) in [5.74, 6) is 1.84. The van der Waals surface area contributed by atoms with Crippen LogP contribution in [-0.2, 0) is 0 Å². The first-order valence-corrected chi connectivity index (χ1v) is 9.83. The molecule has 144 valence electrons. The Balaban J connectivity index is 1.53. The van der Waals surface area contributed by atoms with Crippen molar-refractivity contribution in [3.05, 3.63) is 66.4 Å². The average Bonchev–Trinajstić information content (AvgIpc) is 2.76. The highest BCUT2D eigenvalue weighted by molar-refractivity contribution is 5.98. The standard InChI is InChI=1S/C23H25N3O2/c1-26(19-10-3-2-4-11-19)23(25-27)18-14-15-22(24-16-18)28-21-13-7-9-17-8-5-6-12-20(17)21/h5-9,12-16,19,27H,2-4,10-11H2,1H3/b25-23-. The van der Waals surface area contributed by atoms with E-state index in [0.29, 0.717) is 17.8 Å². The Morgan fingerprint density at radius 3 is 2.57 bits per heavy atom. The van der Waals surface area contributed by atoms with Crippen LogP contribution in [0.2, 0.25) is 0 Å². The van der Waals surface area contributed by atoms with E-state index in [2.05, 4.69) is 27.2 Å². The van der Waals surface area contributed by atoms with Crippen LogP contribution in [0.3, 0.4) is 0 Å². The molecule has 4 rings (SSSR count). The van der Waals surface area contributed by atoms with Crippen LogP contribution in [0.25, 0.3) is 10.8 Å². The lowest BCUT2D eigenvalue weighted by molar-refractivity contribution is 0.256. The molecule has 1 heterocycles. The fourth-order valence-electron chi connectivity index (χ4n) is 3.94. The van der Waals surface area contributed by atoms with Crippen LogP contribution in [-0.4, -0.2) is 34.0 Å². The van der Waals surface area contributed by atoms with Crippen molar-refractivity contribution in [2.75, 3.05) is 7.05 Å².